The van der Waals surface area contributed by atoms with Crippen LogP contribution in [0.1, 0.15) is 41.5 Å². The van der Waals surface area contributed by atoms with Crippen LogP contribution in [-0.2, 0) is 4.74 Å². The summed E-state index contributed by atoms with van der Waals surface area (Å²) in [6.07, 6.45) is 2.76. The van der Waals surface area contributed by atoms with Crippen molar-refractivity contribution in [2.24, 2.45) is 0 Å². The fourth-order valence-corrected chi connectivity index (χ4v) is 3.21. The van der Waals surface area contributed by atoms with E-state index in [2.05, 4.69) is 20.9 Å². The summed E-state index contributed by atoms with van der Waals surface area (Å²) in [4.78, 5) is 12.7. The van der Waals surface area contributed by atoms with E-state index in [-0.39, 0.29) is 24.4 Å². The number of carbonyl (C=O) groups excluding carboxylic acids is 1. The third-order valence-corrected chi connectivity index (χ3v) is 4.68. The molecule has 1 aromatic heterocycles. The Labute approximate surface area is 171 Å². The second-order valence-corrected chi connectivity index (χ2v) is 6.59. The maximum Gasteiger partial charge on any atom is 0.278 e. The van der Waals surface area contributed by atoms with Crippen LogP contribution in [0.2, 0.25) is 0 Å². The molecule has 9 heteroatoms. The topological polar surface area (TPSA) is 90.3 Å². The van der Waals surface area contributed by atoms with Gasteiger partial charge in [-0.15, -0.1) is 17.5 Å². The molecule has 1 aliphatic rings. The maximum atomic E-state index is 12.7. The molecule has 2 heterocycles. The molecule has 0 saturated carbocycles. The van der Waals surface area contributed by atoms with Crippen LogP contribution in [0.5, 0.6) is 5.75 Å². The van der Waals surface area contributed by atoms with Gasteiger partial charge < -0.3 is 20.1 Å². The number of hydrogen-bond acceptors (Lipinski definition) is 6. The monoisotopic (exact) mass is 409 g/mol. The summed E-state index contributed by atoms with van der Waals surface area (Å²) < 4.78 is 12.7. The zero-order valence-electron chi connectivity index (χ0n) is 16.3. The van der Waals surface area contributed by atoms with Crippen LogP contribution in [0.4, 0.5) is 5.69 Å². The molecule has 1 amide bonds. The minimum absolute atomic E-state index is 0. The Hall–Kier alpha value is -2.16. The Balaban J connectivity index is 0.00000280. The summed E-state index contributed by atoms with van der Waals surface area (Å²) in [5, 5.41) is 14.6. The molecule has 0 atom stereocenters. The summed E-state index contributed by atoms with van der Waals surface area (Å²) in [5.74, 6) is 0.353. The highest BCUT2D eigenvalue weighted by molar-refractivity contribution is 6.04. The first-order chi connectivity index (χ1) is 13.2. The van der Waals surface area contributed by atoms with Gasteiger partial charge in [-0.25, -0.2) is 4.68 Å². The summed E-state index contributed by atoms with van der Waals surface area (Å²) in [6, 6.07) is 7.67. The first-order valence-corrected chi connectivity index (χ1v) is 9.35. The first-order valence-electron chi connectivity index (χ1n) is 9.35. The van der Waals surface area contributed by atoms with Crippen molar-refractivity contribution in [3.8, 4) is 5.75 Å². The van der Waals surface area contributed by atoms with Gasteiger partial charge in [-0.3, -0.25) is 4.79 Å². The standard InChI is InChI=1S/C19H27N5O3.ClH/c1-14-18(22-23-24(14)15-8-10-20-11-9-15)19(25)21-16-6-3-4-7-17(16)27-13-5-12-26-2;/h3-4,6-7,15,20H,5,8-13H2,1-2H3,(H,21,25);1H. The van der Waals surface area contributed by atoms with Crippen molar-refractivity contribution in [3.05, 3.63) is 35.7 Å². The fraction of sp³-hybridized carbons (Fsp3) is 0.526. The van der Waals surface area contributed by atoms with Crippen LogP contribution in [-0.4, -0.2) is 54.3 Å². The van der Waals surface area contributed by atoms with Crippen LogP contribution in [0.15, 0.2) is 24.3 Å². The number of anilines is 1. The summed E-state index contributed by atoms with van der Waals surface area (Å²) in [5.41, 5.74) is 1.76. The molecule has 0 radical (unpaired) electrons. The van der Waals surface area contributed by atoms with Crippen LogP contribution in [0, 0.1) is 6.92 Å². The third kappa shape index (κ3) is 5.43. The van der Waals surface area contributed by atoms with Gasteiger partial charge in [0.05, 0.1) is 24.0 Å². The number of methoxy groups -OCH3 is 1. The van der Waals surface area contributed by atoms with Gasteiger partial charge in [0.15, 0.2) is 5.69 Å². The Morgan fingerprint density at radius 3 is 2.79 bits per heavy atom. The molecule has 1 aliphatic heterocycles. The first kappa shape index (κ1) is 22.1. The molecule has 1 fully saturated rings. The molecule has 154 valence electrons. The maximum absolute atomic E-state index is 12.7. The molecule has 1 aromatic carbocycles. The largest absolute Gasteiger partial charge is 0.491 e. The zero-order chi connectivity index (χ0) is 19.1. The van der Waals surface area contributed by atoms with E-state index >= 15 is 0 Å². The Kier molecular flexibility index (Phi) is 8.69. The molecule has 0 unspecified atom stereocenters. The van der Waals surface area contributed by atoms with E-state index in [1.165, 1.54) is 0 Å². The molecule has 1 saturated heterocycles. The average Bonchev–Trinajstić information content (AvgIpc) is 3.08. The van der Waals surface area contributed by atoms with E-state index < -0.39 is 0 Å². The lowest BCUT2D eigenvalue weighted by Crippen LogP contribution is -2.30. The molecule has 0 aliphatic carbocycles. The Morgan fingerprint density at radius 2 is 2.04 bits per heavy atom. The lowest BCUT2D eigenvalue weighted by Gasteiger charge is -2.23. The fourth-order valence-electron chi connectivity index (χ4n) is 3.21. The molecule has 3 rings (SSSR count). The number of halogens is 1. The number of nitrogens with one attached hydrogen (secondary N) is 2. The van der Waals surface area contributed by atoms with Gasteiger partial charge >= 0.3 is 0 Å². The third-order valence-electron chi connectivity index (χ3n) is 4.68. The number of ether oxygens (including phenoxy) is 2. The molecule has 0 bridgehead atoms. The van der Waals surface area contributed by atoms with Gasteiger partial charge in [-0.2, -0.15) is 0 Å². The Bertz CT molecular complexity index is 762. The summed E-state index contributed by atoms with van der Waals surface area (Å²) in [7, 11) is 1.66. The minimum atomic E-state index is -0.277. The van der Waals surface area contributed by atoms with Crippen molar-refractivity contribution in [1.82, 2.24) is 20.3 Å². The lowest BCUT2D eigenvalue weighted by atomic mass is 10.1. The van der Waals surface area contributed by atoms with Crippen LogP contribution >= 0.6 is 12.4 Å². The smallest absolute Gasteiger partial charge is 0.278 e. The number of benzene rings is 1. The SMILES string of the molecule is COCCCOc1ccccc1NC(=O)c1nnn(C2CCNCC2)c1C.Cl. The van der Waals surface area contributed by atoms with Crippen LogP contribution < -0.4 is 15.4 Å². The van der Waals surface area contributed by atoms with Crippen LogP contribution in [0.25, 0.3) is 0 Å². The molecule has 2 N–H and O–H groups in total. The number of para-hydroxylation sites is 2. The average molecular weight is 410 g/mol. The number of nitrogens with zero attached hydrogens (tertiary/aromatic N) is 3. The highest BCUT2D eigenvalue weighted by Crippen LogP contribution is 2.25. The quantitative estimate of drug-likeness (QED) is 0.651. The summed E-state index contributed by atoms with van der Waals surface area (Å²) in [6.45, 7) is 4.96. The number of rotatable bonds is 8. The minimum Gasteiger partial charge on any atom is -0.491 e. The number of piperidine rings is 1. The van der Waals surface area contributed by atoms with Crippen molar-refractivity contribution in [3.63, 3.8) is 0 Å². The normalized spacial score (nSPS) is 14.4. The number of aromatic nitrogens is 3. The number of amides is 1. The molecular formula is C19H28ClN5O3. The van der Waals surface area contributed by atoms with Crippen molar-refractivity contribution in [1.29, 1.82) is 0 Å². The molecule has 8 nitrogen and oxygen atoms in total. The van der Waals surface area contributed by atoms with E-state index in [0.717, 1.165) is 38.0 Å². The lowest BCUT2D eigenvalue weighted by molar-refractivity contribution is 0.102. The van der Waals surface area contributed by atoms with Gasteiger partial charge in [0.1, 0.15) is 5.75 Å². The van der Waals surface area contributed by atoms with Gasteiger partial charge in [-0.1, -0.05) is 17.3 Å². The molecular weight excluding hydrogens is 382 g/mol. The summed E-state index contributed by atoms with van der Waals surface area (Å²) >= 11 is 0. The number of hydrogen-bond donors (Lipinski definition) is 2. The molecule has 0 spiro atoms. The van der Waals surface area contributed by atoms with Gasteiger partial charge in [-0.05, 0) is 45.0 Å². The van der Waals surface area contributed by atoms with Crippen molar-refractivity contribution < 1.29 is 14.3 Å². The van der Waals surface area contributed by atoms with E-state index in [9.17, 15) is 4.79 Å². The molecule has 28 heavy (non-hydrogen) atoms. The predicted octanol–water partition coefficient (Wildman–Crippen LogP) is 2.60. The zero-order valence-corrected chi connectivity index (χ0v) is 17.1. The van der Waals surface area contributed by atoms with Crippen molar-refractivity contribution in [2.75, 3.05) is 38.7 Å². The van der Waals surface area contributed by atoms with Gasteiger partial charge in [0, 0.05) is 20.1 Å². The predicted molar refractivity (Wildman–Crippen MR) is 110 cm³/mol. The van der Waals surface area contributed by atoms with E-state index in [1.807, 2.05) is 35.9 Å². The van der Waals surface area contributed by atoms with Crippen LogP contribution in [0.3, 0.4) is 0 Å². The van der Waals surface area contributed by atoms with Crippen molar-refractivity contribution >= 4 is 24.0 Å². The second-order valence-electron chi connectivity index (χ2n) is 6.59. The Morgan fingerprint density at radius 1 is 1.29 bits per heavy atom. The number of carbonyl (C=O) groups is 1. The van der Waals surface area contributed by atoms with E-state index in [1.54, 1.807) is 7.11 Å². The van der Waals surface area contributed by atoms with Gasteiger partial charge in [0.25, 0.3) is 5.91 Å². The highest BCUT2D eigenvalue weighted by atomic mass is 35.5. The highest BCUT2D eigenvalue weighted by Gasteiger charge is 2.23. The molecule has 2 aromatic rings. The van der Waals surface area contributed by atoms with Crippen molar-refractivity contribution in [2.45, 2.75) is 32.2 Å². The van der Waals surface area contributed by atoms with E-state index in [0.29, 0.717) is 30.3 Å². The van der Waals surface area contributed by atoms with Gasteiger partial charge in [0.2, 0.25) is 0 Å². The van der Waals surface area contributed by atoms with E-state index in [4.69, 9.17) is 9.47 Å². The second kappa shape index (κ2) is 11.0.